The molecule has 2 aromatic heterocycles. The van der Waals surface area contributed by atoms with Gasteiger partial charge in [0.1, 0.15) is 22.0 Å². The SMILES string of the molecule is Cc1oc(C)c(S(=O)(=O)NC(C)c2cn[nH]c2)c1C(=O)O. The Labute approximate surface area is 121 Å². The van der Waals surface area contributed by atoms with Crippen molar-refractivity contribution in [2.75, 3.05) is 0 Å². The van der Waals surface area contributed by atoms with Gasteiger partial charge in [0, 0.05) is 17.8 Å². The van der Waals surface area contributed by atoms with Crippen molar-refractivity contribution in [1.29, 1.82) is 0 Å². The molecule has 0 aliphatic rings. The second-order valence-electron chi connectivity index (χ2n) is 4.60. The number of aromatic nitrogens is 2. The zero-order valence-corrected chi connectivity index (χ0v) is 12.5. The Morgan fingerprint density at radius 2 is 2.10 bits per heavy atom. The Morgan fingerprint density at radius 3 is 2.62 bits per heavy atom. The smallest absolute Gasteiger partial charge is 0.340 e. The number of nitrogens with zero attached hydrogens (tertiary/aromatic N) is 1. The Kier molecular flexibility index (Phi) is 3.88. The molecule has 2 rings (SSSR count). The van der Waals surface area contributed by atoms with Crippen LogP contribution in [-0.2, 0) is 10.0 Å². The van der Waals surface area contributed by atoms with Crippen LogP contribution in [0.1, 0.15) is 40.4 Å². The van der Waals surface area contributed by atoms with Crippen molar-refractivity contribution in [3.05, 3.63) is 35.0 Å². The van der Waals surface area contributed by atoms with Crippen LogP contribution in [0.2, 0.25) is 0 Å². The molecule has 0 aliphatic carbocycles. The second-order valence-corrected chi connectivity index (χ2v) is 6.25. The predicted molar refractivity (Wildman–Crippen MR) is 72.5 cm³/mol. The van der Waals surface area contributed by atoms with E-state index in [1.165, 1.54) is 20.0 Å². The van der Waals surface area contributed by atoms with E-state index in [0.29, 0.717) is 5.56 Å². The number of aryl methyl sites for hydroxylation is 2. The van der Waals surface area contributed by atoms with Crippen molar-refractivity contribution in [3.8, 4) is 0 Å². The molecule has 21 heavy (non-hydrogen) atoms. The number of aromatic amines is 1. The molecular formula is C12H15N3O5S. The van der Waals surface area contributed by atoms with E-state index in [9.17, 15) is 18.3 Å². The van der Waals surface area contributed by atoms with Gasteiger partial charge >= 0.3 is 5.97 Å². The number of sulfonamides is 1. The van der Waals surface area contributed by atoms with Gasteiger partial charge in [-0.1, -0.05) is 0 Å². The third-order valence-electron chi connectivity index (χ3n) is 3.04. The first kappa shape index (κ1) is 15.3. The lowest BCUT2D eigenvalue weighted by Gasteiger charge is -2.12. The van der Waals surface area contributed by atoms with Crippen molar-refractivity contribution < 1.29 is 22.7 Å². The topological polar surface area (TPSA) is 125 Å². The monoisotopic (exact) mass is 313 g/mol. The number of aromatic carboxylic acids is 1. The van der Waals surface area contributed by atoms with E-state index in [4.69, 9.17) is 4.42 Å². The molecule has 0 saturated heterocycles. The minimum atomic E-state index is -4.04. The maximum atomic E-state index is 12.4. The van der Waals surface area contributed by atoms with Gasteiger partial charge in [-0.3, -0.25) is 5.10 Å². The van der Waals surface area contributed by atoms with Gasteiger partial charge in [0.15, 0.2) is 0 Å². The molecule has 0 amide bonds. The molecule has 3 N–H and O–H groups in total. The summed E-state index contributed by atoms with van der Waals surface area (Å²) in [6.07, 6.45) is 3.04. The Balaban J connectivity index is 2.43. The first-order chi connectivity index (χ1) is 9.74. The second kappa shape index (κ2) is 5.34. The molecule has 9 heteroatoms. The van der Waals surface area contributed by atoms with Crippen molar-refractivity contribution in [1.82, 2.24) is 14.9 Å². The quantitative estimate of drug-likeness (QED) is 0.765. The molecule has 0 aromatic carbocycles. The summed E-state index contributed by atoms with van der Waals surface area (Å²) in [6.45, 7) is 4.45. The van der Waals surface area contributed by atoms with Crippen LogP contribution >= 0.6 is 0 Å². The van der Waals surface area contributed by atoms with Crippen LogP contribution < -0.4 is 4.72 Å². The average molecular weight is 313 g/mol. The molecule has 0 aliphatic heterocycles. The fraction of sp³-hybridized carbons (Fsp3) is 0.333. The number of hydrogen-bond acceptors (Lipinski definition) is 5. The highest BCUT2D eigenvalue weighted by atomic mass is 32.2. The number of H-pyrrole nitrogens is 1. The first-order valence-electron chi connectivity index (χ1n) is 6.08. The van der Waals surface area contributed by atoms with E-state index >= 15 is 0 Å². The Morgan fingerprint density at radius 1 is 1.43 bits per heavy atom. The van der Waals surface area contributed by atoms with Crippen LogP contribution in [-0.4, -0.2) is 29.7 Å². The van der Waals surface area contributed by atoms with E-state index in [0.717, 1.165) is 0 Å². The zero-order valence-electron chi connectivity index (χ0n) is 11.7. The minimum absolute atomic E-state index is 0.0387. The number of carboxylic acid groups (broad SMARTS) is 1. The van der Waals surface area contributed by atoms with Gasteiger partial charge in [-0.05, 0) is 20.8 Å². The lowest BCUT2D eigenvalue weighted by molar-refractivity contribution is 0.0691. The van der Waals surface area contributed by atoms with Gasteiger partial charge in [-0.2, -0.15) is 5.10 Å². The maximum absolute atomic E-state index is 12.4. The van der Waals surface area contributed by atoms with Crippen LogP contribution in [0.15, 0.2) is 21.7 Å². The van der Waals surface area contributed by atoms with Gasteiger partial charge in [-0.15, -0.1) is 0 Å². The lowest BCUT2D eigenvalue weighted by atomic mass is 10.2. The molecule has 0 radical (unpaired) electrons. The van der Waals surface area contributed by atoms with Crippen molar-refractivity contribution in [2.24, 2.45) is 0 Å². The molecule has 2 aromatic rings. The molecule has 1 unspecified atom stereocenters. The van der Waals surface area contributed by atoms with Crippen LogP contribution in [0.25, 0.3) is 0 Å². The Bertz CT molecular complexity index is 761. The van der Waals surface area contributed by atoms with E-state index in [-0.39, 0.29) is 22.0 Å². The average Bonchev–Trinajstić information content (AvgIpc) is 2.95. The summed E-state index contributed by atoms with van der Waals surface area (Å²) in [6, 6.07) is -0.565. The van der Waals surface area contributed by atoms with Gasteiger partial charge < -0.3 is 9.52 Å². The van der Waals surface area contributed by atoms with E-state index in [1.807, 2.05) is 0 Å². The predicted octanol–water partition coefficient (Wildman–Crippen LogP) is 1.36. The van der Waals surface area contributed by atoms with Gasteiger partial charge in [0.05, 0.1) is 6.20 Å². The lowest BCUT2D eigenvalue weighted by Crippen LogP contribution is -2.28. The van der Waals surface area contributed by atoms with Crippen molar-refractivity contribution in [3.63, 3.8) is 0 Å². The highest BCUT2D eigenvalue weighted by Gasteiger charge is 2.31. The summed E-state index contributed by atoms with van der Waals surface area (Å²) >= 11 is 0. The fourth-order valence-electron chi connectivity index (χ4n) is 2.09. The molecule has 8 nitrogen and oxygen atoms in total. The summed E-state index contributed by atoms with van der Waals surface area (Å²) < 4.78 is 32.4. The summed E-state index contributed by atoms with van der Waals surface area (Å²) in [7, 11) is -4.04. The Hall–Kier alpha value is -2.13. The van der Waals surface area contributed by atoms with Crippen LogP contribution in [0, 0.1) is 13.8 Å². The van der Waals surface area contributed by atoms with Gasteiger partial charge in [0.2, 0.25) is 10.0 Å². The molecule has 114 valence electrons. The van der Waals surface area contributed by atoms with E-state index in [1.54, 1.807) is 13.1 Å². The molecule has 1 atom stereocenters. The normalized spacial score (nSPS) is 13.3. The number of furan rings is 1. The standard InChI is InChI=1S/C12H15N3O5S/c1-6(9-4-13-14-5-9)15-21(18,19)11-8(3)20-7(2)10(11)12(16)17/h4-6,15H,1-3H3,(H,13,14)(H,16,17). The van der Waals surface area contributed by atoms with Gasteiger partial charge in [0.25, 0.3) is 0 Å². The molecule has 0 saturated carbocycles. The van der Waals surface area contributed by atoms with E-state index in [2.05, 4.69) is 14.9 Å². The maximum Gasteiger partial charge on any atom is 0.340 e. The van der Waals surface area contributed by atoms with Crippen LogP contribution in [0.3, 0.4) is 0 Å². The summed E-state index contributed by atoms with van der Waals surface area (Å²) in [5, 5.41) is 15.5. The third kappa shape index (κ3) is 2.83. The zero-order chi connectivity index (χ0) is 15.8. The third-order valence-corrected chi connectivity index (χ3v) is 4.73. The number of hydrogen-bond donors (Lipinski definition) is 3. The highest BCUT2D eigenvalue weighted by molar-refractivity contribution is 7.89. The number of nitrogens with one attached hydrogen (secondary N) is 2. The fourth-order valence-corrected chi connectivity index (χ4v) is 3.73. The van der Waals surface area contributed by atoms with Crippen LogP contribution in [0.5, 0.6) is 0 Å². The molecule has 0 bridgehead atoms. The minimum Gasteiger partial charge on any atom is -0.478 e. The molecule has 0 spiro atoms. The number of rotatable bonds is 5. The molecular weight excluding hydrogens is 298 g/mol. The van der Waals surface area contributed by atoms with Crippen molar-refractivity contribution in [2.45, 2.75) is 31.7 Å². The molecule has 0 fully saturated rings. The first-order valence-corrected chi connectivity index (χ1v) is 7.56. The van der Waals surface area contributed by atoms with Gasteiger partial charge in [-0.25, -0.2) is 17.9 Å². The summed E-state index contributed by atoms with van der Waals surface area (Å²) in [5.41, 5.74) is 0.285. The van der Waals surface area contributed by atoms with Crippen molar-refractivity contribution >= 4 is 16.0 Å². The molecule has 2 heterocycles. The highest BCUT2D eigenvalue weighted by Crippen LogP contribution is 2.27. The number of carbonyl (C=O) groups is 1. The summed E-state index contributed by atoms with van der Waals surface area (Å²) in [5.74, 6) is -1.26. The van der Waals surface area contributed by atoms with Crippen LogP contribution in [0.4, 0.5) is 0 Å². The van der Waals surface area contributed by atoms with E-state index < -0.39 is 22.0 Å². The summed E-state index contributed by atoms with van der Waals surface area (Å²) in [4.78, 5) is 10.9. The largest absolute Gasteiger partial charge is 0.478 e. The number of carboxylic acids is 1.